The highest BCUT2D eigenvalue weighted by atomic mass is 16.7. The number of aromatic nitrogens is 1. The first-order valence-corrected chi connectivity index (χ1v) is 7.95. The zero-order valence-corrected chi connectivity index (χ0v) is 14.1. The summed E-state index contributed by atoms with van der Waals surface area (Å²) in [6.07, 6.45) is 1.25. The summed E-state index contributed by atoms with van der Waals surface area (Å²) >= 11 is 0. The van der Waals surface area contributed by atoms with Gasteiger partial charge in [0.05, 0.1) is 16.8 Å². The van der Waals surface area contributed by atoms with Gasteiger partial charge in [-0.1, -0.05) is 6.07 Å². The van der Waals surface area contributed by atoms with Crippen molar-refractivity contribution in [3.8, 4) is 5.88 Å². The molecule has 120 valence electrons. The van der Waals surface area contributed by atoms with Gasteiger partial charge < -0.3 is 18.9 Å². The summed E-state index contributed by atoms with van der Waals surface area (Å²) in [5, 5.41) is 0. The monoisotopic (exact) mass is 304 g/mol. The van der Waals surface area contributed by atoms with Crippen LogP contribution in [0, 0.1) is 0 Å². The zero-order chi connectivity index (χ0) is 16.0. The van der Waals surface area contributed by atoms with Crippen LogP contribution in [0.1, 0.15) is 34.1 Å². The number of nitrogens with zero attached hydrogens (tertiary/aromatic N) is 2. The number of ether oxygens (including phenoxy) is 1. The standard InChI is InChI=1S/C16H25BN2O3/c1-15(2)16(3,4)22-17(21-15)13-7-6-8-14(18-13)20-12-9-10-19(5)11-12/h6-8,12H,9-11H2,1-5H3/t12-/m0/s1. The topological polar surface area (TPSA) is 43.8 Å². The van der Waals surface area contributed by atoms with Crippen molar-refractivity contribution < 1.29 is 14.0 Å². The SMILES string of the molecule is CN1CC[C@H](Oc2cccc(B3OC(C)(C)C(C)(C)O3)n2)C1. The normalized spacial score (nSPS) is 27.3. The molecule has 6 heteroatoms. The first-order chi connectivity index (χ1) is 10.3. The predicted molar refractivity (Wildman–Crippen MR) is 86.5 cm³/mol. The Kier molecular flexibility index (Phi) is 3.95. The maximum atomic E-state index is 6.04. The highest BCUT2D eigenvalue weighted by Gasteiger charge is 2.52. The van der Waals surface area contributed by atoms with E-state index >= 15 is 0 Å². The fourth-order valence-corrected chi connectivity index (χ4v) is 2.75. The van der Waals surface area contributed by atoms with Crippen molar-refractivity contribution in [2.24, 2.45) is 0 Å². The molecule has 0 spiro atoms. The van der Waals surface area contributed by atoms with Crippen molar-refractivity contribution in [2.45, 2.75) is 51.4 Å². The van der Waals surface area contributed by atoms with Crippen LogP contribution in [0.15, 0.2) is 18.2 Å². The summed E-state index contributed by atoms with van der Waals surface area (Å²) in [4.78, 5) is 6.85. The molecule has 0 radical (unpaired) electrons. The van der Waals surface area contributed by atoms with Gasteiger partial charge in [0.25, 0.3) is 0 Å². The van der Waals surface area contributed by atoms with Gasteiger partial charge in [0.15, 0.2) is 0 Å². The van der Waals surface area contributed by atoms with Crippen molar-refractivity contribution in [2.75, 3.05) is 20.1 Å². The van der Waals surface area contributed by atoms with Gasteiger partial charge in [-0.2, -0.15) is 0 Å². The van der Waals surface area contributed by atoms with E-state index in [-0.39, 0.29) is 17.3 Å². The van der Waals surface area contributed by atoms with Crippen molar-refractivity contribution in [3.63, 3.8) is 0 Å². The molecule has 2 fully saturated rings. The van der Waals surface area contributed by atoms with Crippen LogP contribution in [0.25, 0.3) is 0 Å². The van der Waals surface area contributed by atoms with Crippen LogP contribution < -0.4 is 10.3 Å². The zero-order valence-electron chi connectivity index (χ0n) is 14.1. The maximum absolute atomic E-state index is 6.04. The Labute approximate surface area is 133 Å². The molecule has 0 aromatic carbocycles. The molecule has 3 heterocycles. The van der Waals surface area contributed by atoms with Crippen LogP contribution >= 0.6 is 0 Å². The van der Waals surface area contributed by atoms with Crippen molar-refractivity contribution in [3.05, 3.63) is 18.2 Å². The van der Waals surface area contributed by atoms with E-state index in [1.54, 1.807) is 0 Å². The Hall–Kier alpha value is -1.11. The minimum absolute atomic E-state index is 0.214. The molecule has 0 aliphatic carbocycles. The molecule has 3 rings (SSSR count). The fraction of sp³-hybridized carbons (Fsp3) is 0.688. The lowest BCUT2D eigenvalue weighted by atomic mass is 9.84. The molecule has 0 amide bonds. The molecular formula is C16H25BN2O3. The van der Waals surface area contributed by atoms with Crippen LogP contribution in [0.2, 0.25) is 0 Å². The first kappa shape index (κ1) is 15.8. The van der Waals surface area contributed by atoms with Gasteiger partial charge in [0, 0.05) is 19.2 Å². The summed E-state index contributed by atoms with van der Waals surface area (Å²) < 4.78 is 18.1. The lowest BCUT2D eigenvalue weighted by Crippen LogP contribution is -2.41. The second kappa shape index (κ2) is 5.51. The second-order valence-corrected chi connectivity index (χ2v) is 7.28. The lowest BCUT2D eigenvalue weighted by Gasteiger charge is -2.32. The molecule has 2 aliphatic heterocycles. The van der Waals surface area contributed by atoms with E-state index < -0.39 is 7.12 Å². The van der Waals surface area contributed by atoms with Gasteiger partial charge >= 0.3 is 7.12 Å². The molecule has 2 saturated heterocycles. The first-order valence-electron chi connectivity index (χ1n) is 7.95. The molecule has 0 N–H and O–H groups in total. The number of hydrogen-bond donors (Lipinski definition) is 0. The van der Waals surface area contributed by atoms with Crippen LogP contribution in [0.3, 0.4) is 0 Å². The summed E-state index contributed by atoms with van der Waals surface area (Å²) in [5.41, 5.74) is 0.0527. The van der Waals surface area contributed by atoms with Crippen molar-refractivity contribution in [1.82, 2.24) is 9.88 Å². The minimum Gasteiger partial charge on any atom is -0.473 e. The van der Waals surface area contributed by atoms with Crippen molar-refractivity contribution in [1.29, 1.82) is 0 Å². The minimum atomic E-state index is -0.445. The van der Waals surface area contributed by atoms with Gasteiger partial charge in [0.1, 0.15) is 6.10 Å². The Morgan fingerprint density at radius 3 is 2.50 bits per heavy atom. The van der Waals surface area contributed by atoms with Crippen LogP contribution in [-0.4, -0.2) is 54.4 Å². The third-order valence-electron chi connectivity index (χ3n) is 4.88. The number of rotatable bonds is 3. The molecule has 0 bridgehead atoms. The van der Waals surface area contributed by atoms with E-state index in [9.17, 15) is 0 Å². The van der Waals surface area contributed by atoms with Gasteiger partial charge in [-0.25, -0.2) is 4.98 Å². The lowest BCUT2D eigenvalue weighted by molar-refractivity contribution is 0.00578. The van der Waals surface area contributed by atoms with E-state index in [1.165, 1.54) is 0 Å². The van der Waals surface area contributed by atoms with E-state index in [4.69, 9.17) is 14.0 Å². The summed E-state index contributed by atoms with van der Waals surface area (Å²) in [6.45, 7) is 10.2. The number of pyridine rings is 1. The van der Waals surface area contributed by atoms with Gasteiger partial charge in [-0.15, -0.1) is 0 Å². The largest absolute Gasteiger partial charge is 0.514 e. The Balaban J connectivity index is 1.72. The predicted octanol–water partition coefficient (Wildman–Crippen LogP) is 1.46. The maximum Gasteiger partial charge on any atom is 0.514 e. The van der Waals surface area contributed by atoms with Crippen LogP contribution in [-0.2, 0) is 9.31 Å². The van der Waals surface area contributed by atoms with Crippen LogP contribution in [0.4, 0.5) is 0 Å². The summed E-state index contributed by atoms with van der Waals surface area (Å²) in [7, 11) is 1.66. The third kappa shape index (κ3) is 3.00. The van der Waals surface area contributed by atoms with Gasteiger partial charge in [-0.05, 0) is 47.2 Å². The number of hydrogen-bond acceptors (Lipinski definition) is 5. The van der Waals surface area contributed by atoms with Gasteiger partial charge in [-0.3, -0.25) is 0 Å². The molecule has 2 aliphatic rings. The Morgan fingerprint density at radius 2 is 1.91 bits per heavy atom. The van der Waals surface area contributed by atoms with E-state index in [1.807, 2.05) is 45.9 Å². The Morgan fingerprint density at radius 1 is 1.23 bits per heavy atom. The van der Waals surface area contributed by atoms with Crippen molar-refractivity contribution >= 4 is 12.7 Å². The van der Waals surface area contributed by atoms with E-state index in [0.717, 1.165) is 25.1 Å². The molecular weight excluding hydrogens is 279 g/mol. The number of likely N-dealkylation sites (N-methyl/N-ethyl adjacent to an activating group) is 1. The van der Waals surface area contributed by atoms with E-state index in [0.29, 0.717) is 5.88 Å². The fourth-order valence-electron chi connectivity index (χ4n) is 2.75. The molecule has 5 nitrogen and oxygen atoms in total. The van der Waals surface area contributed by atoms with Crippen LogP contribution in [0.5, 0.6) is 5.88 Å². The quantitative estimate of drug-likeness (QED) is 0.791. The molecule has 1 aromatic heterocycles. The molecule has 1 aromatic rings. The van der Waals surface area contributed by atoms with Gasteiger partial charge in [0.2, 0.25) is 5.88 Å². The van der Waals surface area contributed by atoms with E-state index in [2.05, 4.69) is 16.9 Å². The molecule has 22 heavy (non-hydrogen) atoms. The molecule has 0 saturated carbocycles. The third-order valence-corrected chi connectivity index (χ3v) is 4.88. The highest BCUT2D eigenvalue weighted by molar-refractivity contribution is 6.61. The second-order valence-electron chi connectivity index (χ2n) is 7.28. The number of likely N-dealkylation sites (tertiary alicyclic amines) is 1. The smallest absolute Gasteiger partial charge is 0.473 e. The molecule has 1 atom stereocenters. The summed E-state index contributed by atoms with van der Waals surface area (Å²) in [6, 6.07) is 5.77. The average Bonchev–Trinajstić information content (AvgIpc) is 2.91. The molecule has 0 unspecified atom stereocenters. The average molecular weight is 304 g/mol. The summed E-state index contributed by atoms with van der Waals surface area (Å²) in [5.74, 6) is 0.646. The Bertz CT molecular complexity index is 534. The highest BCUT2D eigenvalue weighted by Crippen LogP contribution is 2.36.